The number of carboxylic acids is 1. The van der Waals surface area contributed by atoms with Gasteiger partial charge in [0, 0.05) is 50.9 Å². The molecule has 0 spiro atoms. The third-order valence-electron chi connectivity index (χ3n) is 9.12. The predicted molar refractivity (Wildman–Crippen MR) is 184 cm³/mol. The minimum atomic E-state index is -5.08. The van der Waals surface area contributed by atoms with Crippen LogP contribution in [0.3, 0.4) is 0 Å². The van der Waals surface area contributed by atoms with Crippen LogP contribution >= 0.6 is 0 Å². The predicted octanol–water partition coefficient (Wildman–Crippen LogP) is 3.90. The van der Waals surface area contributed by atoms with Gasteiger partial charge in [-0.2, -0.15) is 36.7 Å². The summed E-state index contributed by atoms with van der Waals surface area (Å²) in [5, 5.41) is 25.2. The molecule has 3 amide bonds. The number of alkyl halides is 6. The van der Waals surface area contributed by atoms with E-state index < -0.39 is 52.8 Å². The van der Waals surface area contributed by atoms with Gasteiger partial charge in [0.05, 0.1) is 40.0 Å². The minimum Gasteiger partial charge on any atom is -0.475 e. The molecule has 0 radical (unpaired) electrons. The molecule has 2 aromatic carbocycles. The van der Waals surface area contributed by atoms with Gasteiger partial charge in [0.2, 0.25) is 11.8 Å². The maximum Gasteiger partial charge on any atom is 0.490 e. The Kier molecular flexibility index (Phi) is 11.2. The van der Waals surface area contributed by atoms with Gasteiger partial charge in [0.1, 0.15) is 11.6 Å². The summed E-state index contributed by atoms with van der Waals surface area (Å²) in [4.78, 5) is 61.3. The number of halogens is 6. The van der Waals surface area contributed by atoms with Crippen LogP contribution in [0.15, 0.2) is 53.6 Å². The first-order valence-corrected chi connectivity index (χ1v) is 16.7. The van der Waals surface area contributed by atoms with Crippen LogP contribution in [0.4, 0.5) is 32.0 Å². The number of imide groups is 1. The molecule has 0 saturated carbocycles. The molecule has 2 aliphatic rings. The van der Waals surface area contributed by atoms with Gasteiger partial charge in [0.15, 0.2) is 0 Å². The Morgan fingerprint density at radius 1 is 1.04 bits per heavy atom. The van der Waals surface area contributed by atoms with Crippen molar-refractivity contribution >= 4 is 40.4 Å². The minimum absolute atomic E-state index is 0.0966. The Morgan fingerprint density at radius 3 is 2.32 bits per heavy atom. The van der Waals surface area contributed by atoms with Crippen molar-refractivity contribution in [1.82, 2.24) is 29.1 Å². The Bertz CT molecular complexity index is 2390. The molecule has 4 heterocycles. The highest BCUT2D eigenvalue weighted by molar-refractivity contribution is 6.00. The lowest BCUT2D eigenvalue weighted by Gasteiger charge is -2.36. The molecule has 2 saturated heterocycles. The lowest BCUT2D eigenvalue weighted by Crippen LogP contribution is -2.45. The maximum absolute atomic E-state index is 13.4. The summed E-state index contributed by atoms with van der Waals surface area (Å²) < 4.78 is 76.2. The van der Waals surface area contributed by atoms with Crippen LogP contribution in [0.1, 0.15) is 55.0 Å². The van der Waals surface area contributed by atoms with Gasteiger partial charge in [-0.1, -0.05) is 17.9 Å². The van der Waals surface area contributed by atoms with Crippen LogP contribution in [0.5, 0.6) is 0 Å². The zero-order valence-corrected chi connectivity index (χ0v) is 29.7. The highest BCUT2D eigenvalue weighted by Crippen LogP contribution is 2.34. The van der Waals surface area contributed by atoms with Crippen molar-refractivity contribution in [3.63, 3.8) is 0 Å². The Hall–Kier alpha value is -6.41. The smallest absolute Gasteiger partial charge is 0.475 e. The number of nitriles is 1. The third-order valence-corrected chi connectivity index (χ3v) is 9.12. The largest absolute Gasteiger partial charge is 0.490 e. The molecule has 56 heavy (non-hydrogen) atoms. The molecular formula is C36H32F6N8O6. The molecule has 4 aromatic rings. The van der Waals surface area contributed by atoms with Gasteiger partial charge in [-0.15, -0.1) is 0 Å². The fourth-order valence-electron chi connectivity index (χ4n) is 6.01. The van der Waals surface area contributed by atoms with Gasteiger partial charge < -0.3 is 10.4 Å². The number of amides is 3. The molecular weight excluding hydrogens is 754 g/mol. The zero-order chi connectivity index (χ0) is 41.3. The first-order valence-electron chi connectivity index (χ1n) is 16.7. The van der Waals surface area contributed by atoms with Gasteiger partial charge in [-0.3, -0.25) is 38.4 Å². The number of piperidine rings is 1. The molecule has 0 aliphatic carbocycles. The number of fused-ring (bicyclic) bond motifs is 1. The molecule has 294 valence electrons. The number of hydrogen-bond donors (Lipinski definition) is 3. The second-order valence-corrected chi connectivity index (χ2v) is 13.5. The number of benzene rings is 2. The number of carboxylic acid groups (broad SMARTS) is 1. The molecule has 20 heteroatoms. The van der Waals surface area contributed by atoms with E-state index in [0.717, 1.165) is 17.7 Å². The van der Waals surface area contributed by atoms with Gasteiger partial charge >= 0.3 is 24.0 Å². The van der Waals surface area contributed by atoms with E-state index in [1.165, 1.54) is 32.1 Å². The number of aryl methyl sites for hydroxylation is 1. The number of aromatic nitrogens is 4. The Morgan fingerprint density at radius 2 is 1.71 bits per heavy atom. The lowest BCUT2D eigenvalue weighted by molar-refractivity contribution is -0.192. The second-order valence-electron chi connectivity index (χ2n) is 13.5. The van der Waals surface area contributed by atoms with Crippen molar-refractivity contribution < 1.29 is 50.6 Å². The molecule has 2 aromatic heterocycles. The second kappa shape index (κ2) is 15.4. The topological polar surface area (TPSA) is 184 Å². The van der Waals surface area contributed by atoms with Crippen molar-refractivity contribution in [3.05, 3.63) is 81.5 Å². The zero-order valence-electron chi connectivity index (χ0n) is 29.7. The van der Waals surface area contributed by atoms with E-state index in [1.807, 2.05) is 18.2 Å². The average molecular weight is 787 g/mol. The molecule has 1 unspecified atom stereocenters. The third kappa shape index (κ3) is 8.76. The van der Waals surface area contributed by atoms with Crippen LogP contribution < -0.4 is 16.3 Å². The number of carbonyl (C=O) groups is 4. The summed E-state index contributed by atoms with van der Waals surface area (Å²) in [6.45, 7) is 5.21. The summed E-state index contributed by atoms with van der Waals surface area (Å²) >= 11 is 0. The fourth-order valence-corrected chi connectivity index (χ4v) is 6.01. The van der Waals surface area contributed by atoms with E-state index in [0.29, 0.717) is 36.2 Å². The summed E-state index contributed by atoms with van der Waals surface area (Å²) in [6.07, 6.45) is -6.28. The van der Waals surface area contributed by atoms with Crippen molar-refractivity contribution in [1.29, 1.82) is 5.26 Å². The molecule has 14 nitrogen and oxygen atoms in total. The average Bonchev–Trinajstić information content (AvgIpc) is 3.68. The van der Waals surface area contributed by atoms with Crippen molar-refractivity contribution in [2.24, 2.45) is 13.0 Å². The molecule has 2 aliphatic heterocycles. The van der Waals surface area contributed by atoms with E-state index >= 15 is 0 Å². The Balaban J connectivity index is 0.000000784. The monoisotopic (exact) mass is 786 g/mol. The van der Waals surface area contributed by atoms with Crippen LogP contribution in [-0.4, -0.2) is 71.9 Å². The number of nitrogens with one attached hydrogen (secondary N) is 2. The number of carbonyl (C=O) groups excluding carboxylic acids is 3. The number of nitrogens with zero attached hydrogens (tertiary/aromatic N) is 6. The first kappa shape index (κ1) is 40.8. The van der Waals surface area contributed by atoms with Crippen molar-refractivity contribution in [3.8, 4) is 17.9 Å². The van der Waals surface area contributed by atoms with Crippen LogP contribution in [0, 0.1) is 29.1 Å². The van der Waals surface area contributed by atoms with E-state index in [4.69, 9.17) is 15.2 Å². The maximum atomic E-state index is 13.4. The highest BCUT2D eigenvalue weighted by atomic mass is 19.4. The summed E-state index contributed by atoms with van der Waals surface area (Å²) in [5.74, 6) is 2.22. The summed E-state index contributed by atoms with van der Waals surface area (Å²) in [5.41, 5.74) is -0.469. The standard InChI is InChI=1S/C34H31F3N8O4.C2HF3O2/c1-33(2,31(48)40-24-8-7-23(14-38)25(13-24)34(35,36)37)44-19-21(15-39-44)4-5-22-17-43(18-22)16-20-6-9-26-28(12-20)42(3)32(49)45(26)27-10-11-29(46)41-30(27)47;3-2(4,5)1(6)7/h6-9,12-13,15,19,22,27H,10-11,16-18H2,1-3H3,(H,40,48)(H,41,46,47);(H,6,7). The van der Waals surface area contributed by atoms with E-state index in [-0.39, 0.29) is 36.0 Å². The number of hydrogen-bond acceptors (Lipinski definition) is 8. The van der Waals surface area contributed by atoms with Crippen LogP contribution in [0.25, 0.3) is 11.0 Å². The van der Waals surface area contributed by atoms with Crippen LogP contribution in [0.2, 0.25) is 0 Å². The molecule has 0 bridgehead atoms. The van der Waals surface area contributed by atoms with Gasteiger partial charge in [0.25, 0.3) is 5.91 Å². The number of aliphatic carboxylic acids is 1. The number of anilines is 1. The van der Waals surface area contributed by atoms with E-state index in [9.17, 15) is 45.5 Å². The van der Waals surface area contributed by atoms with E-state index in [1.54, 1.807) is 27.1 Å². The highest BCUT2D eigenvalue weighted by Gasteiger charge is 2.38. The first-order chi connectivity index (χ1) is 26.1. The van der Waals surface area contributed by atoms with Crippen LogP contribution in [-0.2, 0) is 44.5 Å². The van der Waals surface area contributed by atoms with Crippen molar-refractivity contribution in [2.75, 3.05) is 18.4 Å². The molecule has 3 N–H and O–H groups in total. The number of rotatable bonds is 6. The molecule has 2 fully saturated rings. The molecule has 6 rings (SSSR count). The normalized spacial score (nSPS) is 16.5. The number of likely N-dealkylation sites (tertiary alicyclic amines) is 1. The van der Waals surface area contributed by atoms with Gasteiger partial charge in [-0.25, -0.2) is 9.59 Å². The molecule has 1 atom stereocenters. The van der Waals surface area contributed by atoms with Gasteiger partial charge in [-0.05, 0) is 56.2 Å². The fraction of sp³-hybridized carbons (Fsp3) is 0.361. The quantitative estimate of drug-likeness (QED) is 0.148. The Labute approximate surface area is 313 Å². The number of imidazole rings is 1. The van der Waals surface area contributed by atoms with Crippen molar-refractivity contribution in [2.45, 2.75) is 57.2 Å². The summed E-state index contributed by atoms with van der Waals surface area (Å²) in [7, 11) is 1.66. The van der Waals surface area contributed by atoms with E-state index in [2.05, 4.69) is 32.5 Å². The lowest BCUT2D eigenvalue weighted by atomic mass is 9.99. The summed E-state index contributed by atoms with van der Waals surface area (Å²) in [6, 6.07) is 9.44. The SMILES string of the molecule is Cn1c(=O)n(C2CCC(=O)NC2=O)c2ccc(CN3CC(C#Cc4cnn(C(C)(C)C(=O)Nc5ccc(C#N)c(C(F)(F)F)c5)c4)C3)cc21.O=C(O)C(F)(F)F.